The Labute approximate surface area is 357 Å². The first kappa shape index (κ1) is 41.9. The van der Waals surface area contributed by atoms with Gasteiger partial charge < -0.3 is 34.0 Å². The number of benzene rings is 4. The number of fused-ring (bicyclic) bond motifs is 3. The number of unbranched alkanes of at least 4 members (excludes halogenated alkanes) is 2. The molecule has 2 aliphatic carbocycles. The number of rotatable bonds is 18. The van der Waals surface area contributed by atoms with Crippen LogP contribution < -0.4 is 9.47 Å². The molecule has 2 heterocycles. The Bertz CT molecular complexity index is 2100. The summed E-state index contributed by atoms with van der Waals surface area (Å²) < 4.78 is 27.2. The highest BCUT2D eigenvalue weighted by Crippen LogP contribution is 2.63. The molecule has 59 heavy (non-hydrogen) atoms. The minimum atomic E-state index is -1.09. The van der Waals surface area contributed by atoms with Gasteiger partial charge in [0.1, 0.15) is 17.2 Å². The number of aliphatic hydroxyl groups is 2. The first-order valence-electron chi connectivity index (χ1n) is 21.4. The Kier molecular flexibility index (Phi) is 14.0. The van der Waals surface area contributed by atoms with Crippen molar-refractivity contribution < 1.29 is 34.0 Å². The van der Waals surface area contributed by atoms with E-state index in [1.807, 2.05) is 24.3 Å². The number of hydrogen-bond acceptors (Lipinski definition) is 10. The average molecular weight is 836 g/mol. The van der Waals surface area contributed by atoms with Crippen LogP contribution >= 0.6 is 23.5 Å². The molecule has 2 fully saturated rings. The summed E-state index contributed by atoms with van der Waals surface area (Å²) in [5, 5.41) is 27.1. The number of thioether (sulfide) groups is 2. The van der Waals surface area contributed by atoms with Crippen molar-refractivity contribution in [1.82, 2.24) is 0 Å². The van der Waals surface area contributed by atoms with Crippen LogP contribution in [0.3, 0.4) is 0 Å². The highest BCUT2D eigenvalue weighted by Gasteiger charge is 2.64. The van der Waals surface area contributed by atoms with Gasteiger partial charge in [0.25, 0.3) is 0 Å². The molecule has 2 aliphatic heterocycles. The van der Waals surface area contributed by atoms with Crippen LogP contribution in [0.25, 0.3) is 10.8 Å². The maximum Gasteiger partial charge on any atom is 0.231 e. The summed E-state index contributed by atoms with van der Waals surface area (Å²) in [7, 11) is 0. The van der Waals surface area contributed by atoms with Crippen LogP contribution in [0.5, 0.6) is 17.2 Å². The molecule has 0 bridgehead atoms. The summed E-state index contributed by atoms with van der Waals surface area (Å²) in [6, 6.07) is 29.5. The minimum Gasteiger partial charge on any atom is -0.460 e. The number of oxime groups is 1. The summed E-state index contributed by atoms with van der Waals surface area (Å²) in [4.78, 5) is 8.61. The van der Waals surface area contributed by atoms with Crippen LogP contribution in [-0.4, -0.2) is 65.9 Å². The molecule has 4 aromatic carbocycles. The minimum absolute atomic E-state index is 0.0417. The van der Waals surface area contributed by atoms with Crippen LogP contribution in [0.4, 0.5) is 0 Å². The smallest absolute Gasteiger partial charge is 0.231 e. The number of hydrogen-bond donors (Lipinski definition) is 2. The Morgan fingerprint density at radius 2 is 1.66 bits per heavy atom. The quantitative estimate of drug-likeness (QED) is 0.0439. The number of aliphatic hydroxyl groups excluding tert-OH is 2. The van der Waals surface area contributed by atoms with Crippen molar-refractivity contribution in [1.29, 1.82) is 0 Å². The molecule has 4 aromatic rings. The fourth-order valence-corrected chi connectivity index (χ4v) is 11.3. The lowest BCUT2D eigenvalue weighted by atomic mass is 9.56. The molecule has 8 nitrogen and oxygen atoms in total. The predicted molar refractivity (Wildman–Crippen MR) is 238 cm³/mol. The van der Waals surface area contributed by atoms with Gasteiger partial charge in [-0.25, -0.2) is 0 Å². The third kappa shape index (κ3) is 9.28. The average Bonchev–Trinajstić information content (AvgIpc) is 3.27. The Morgan fingerprint density at radius 1 is 0.881 bits per heavy atom. The Hall–Kier alpha value is -3.77. The molecule has 4 aliphatic rings. The third-order valence-electron chi connectivity index (χ3n) is 12.3. The highest BCUT2D eigenvalue weighted by atomic mass is 32.2. The zero-order valence-electron chi connectivity index (χ0n) is 34.0. The summed E-state index contributed by atoms with van der Waals surface area (Å²) in [5.41, 5.74) is 3.09. The second kappa shape index (κ2) is 19.7. The van der Waals surface area contributed by atoms with Crippen LogP contribution in [0.1, 0.15) is 75.7 Å². The fraction of sp³-hybridized carbons (Fsp3) is 0.449. The topological polar surface area (TPSA) is 99.0 Å². The maximum atomic E-state index is 10.00. The first-order valence-corrected chi connectivity index (χ1v) is 23.5. The SMILES string of the molecule is C=CCOC12Oc3ccc(Oc4ccc(SC)cc4)cc3C3C(CCCCO)C(CCCCO)C=C(C(=NOC4CCCCO4)CC1Sc1ccc4ccccc4c1)C32. The lowest BCUT2D eigenvalue weighted by Gasteiger charge is -2.58. The van der Waals surface area contributed by atoms with E-state index in [0.717, 1.165) is 96.8 Å². The van der Waals surface area contributed by atoms with E-state index in [4.69, 9.17) is 28.9 Å². The van der Waals surface area contributed by atoms with E-state index in [-0.39, 0.29) is 48.4 Å². The van der Waals surface area contributed by atoms with Gasteiger partial charge in [-0.15, -0.1) is 30.1 Å². The maximum absolute atomic E-state index is 10.00. The molecular weight excluding hydrogens is 779 g/mol. The third-order valence-corrected chi connectivity index (χ3v) is 14.4. The number of nitrogens with zero attached hydrogens (tertiary/aromatic N) is 1. The van der Waals surface area contributed by atoms with Crippen molar-refractivity contribution in [3.8, 4) is 17.2 Å². The van der Waals surface area contributed by atoms with Gasteiger partial charge in [0.05, 0.1) is 30.1 Å². The van der Waals surface area contributed by atoms with Gasteiger partial charge in [-0.2, -0.15) is 0 Å². The van der Waals surface area contributed by atoms with Crippen molar-refractivity contribution in [3.63, 3.8) is 0 Å². The van der Waals surface area contributed by atoms with E-state index in [1.54, 1.807) is 23.5 Å². The lowest BCUT2D eigenvalue weighted by molar-refractivity contribution is -0.223. The summed E-state index contributed by atoms with van der Waals surface area (Å²) >= 11 is 3.48. The number of allylic oxidation sites excluding steroid dienone is 1. The molecule has 8 rings (SSSR count). The van der Waals surface area contributed by atoms with Crippen molar-refractivity contribution in [3.05, 3.63) is 115 Å². The van der Waals surface area contributed by atoms with E-state index in [0.29, 0.717) is 19.6 Å². The van der Waals surface area contributed by atoms with Gasteiger partial charge in [0, 0.05) is 47.3 Å². The predicted octanol–water partition coefficient (Wildman–Crippen LogP) is 11.3. The van der Waals surface area contributed by atoms with Gasteiger partial charge in [-0.1, -0.05) is 60.5 Å². The van der Waals surface area contributed by atoms with Crippen LogP contribution in [0.15, 0.2) is 124 Å². The van der Waals surface area contributed by atoms with E-state index >= 15 is 0 Å². The largest absolute Gasteiger partial charge is 0.460 e. The van der Waals surface area contributed by atoms with Gasteiger partial charge in [-0.05, 0) is 128 Å². The molecule has 1 saturated heterocycles. The highest BCUT2D eigenvalue weighted by molar-refractivity contribution is 8.00. The van der Waals surface area contributed by atoms with Crippen molar-refractivity contribution in [2.75, 3.05) is 32.7 Å². The van der Waals surface area contributed by atoms with Crippen molar-refractivity contribution >= 4 is 40.0 Å². The second-order valence-corrected chi connectivity index (χ2v) is 18.2. The normalized spacial score (nSPS) is 26.7. The standard InChI is InChI=1S/C49H57NO7S2/c1-3-27-54-49-45(59-39-21-17-33-12-4-5-13-34(33)29-39)32-43(50-57-46-16-8-11-28-53-46)41-30-35(14-6-9-25-51)40(15-7-10-26-52)47(48(41)49)42-31-37(20-24-44(42)56-49)55-36-18-22-38(58-2)23-19-36/h3-5,12-13,17-24,29-31,35,40,45-48,51-52H,1,6-11,14-16,25-28,32H2,2H3. The van der Waals surface area contributed by atoms with Crippen molar-refractivity contribution in [2.24, 2.45) is 22.9 Å². The van der Waals surface area contributed by atoms with Crippen molar-refractivity contribution in [2.45, 2.75) is 97.2 Å². The van der Waals surface area contributed by atoms with Gasteiger partial charge in [0.15, 0.2) is 0 Å². The van der Waals surface area contributed by atoms with Gasteiger partial charge in [-0.3, -0.25) is 0 Å². The molecule has 7 unspecified atom stereocenters. The van der Waals surface area contributed by atoms with Gasteiger partial charge >= 0.3 is 0 Å². The van der Waals surface area contributed by atoms with Crippen LogP contribution in [0, 0.1) is 17.8 Å². The summed E-state index contributed by atoms with van der Waals surface area (Å²) in [6.45, 7) is 5.38. The molecule has 0 amide bonds. The summed E-state index contributed by atoms with van der Waals surface area (Å²) in [6.07, 6.45) is 14.5. The number of ether oxygens (including phenoxy) is 4. The monoisotopic (exact) mass is 835 g/mol. The second-order valence-electron chi connectivity index (χ2n) is 16.1. The Morgan fingerprint density at radius 3 is 2.42 bits per heavy atom. The van der Waals surface area contributed by atoms with Gasteiger partial charge in [0.2, 0.25) is 12.1 Å². The molecule has 0 aromatic heterocycles. The van der Waals surface area contributed by atoms with E-state index in [1.165, 1.54) is 15.7 Å². The lowest BCUT2D eigenvalue weighted by Crippen LogP contribution is -2.64. The molecule has 0 spiro atoms. The zero-order valence-corrected chi connectivity index (χ0v) is 35.6. The fourth-order valence-electron chi connectivity index (χ4n) is 9.59. The van der Waals surface area contributed by atoms with Crippen LogP contribution in [-0.2, 0) is 14.3 Å². The summed E-state index contributed by atoms with van der Waals surface area (Å²) in [5.74, 6) is 1.30. The molecule has 2 N–H and O–H groups in total. The first-order chi connectivity index (χ1) is 29.0. The zero-order chi connectivity index (χ0) is 40.6. The molecule has 1 saturated carbocycles. The molecular formula is C49H57NO7S2. The molecule has 312 valence electrons. The van der Waals surface area contributed by atoms with E-state index in [2.05, 4.69) is 85.6 Å². The van der Waals surface area contributed by atoms with Crippen LogP contribution in [0.2, 0.25) is 0 Å². The molecule has 7 atom stereocenters. The van der Waals surface area contributed by atoms with E-state index < -0.39 is 5.79 Å². The van der Waals surface area contributed by atoms with E-state index in [9.17, 15) is 10.2 Å². The Balaban J connectivity index is 1.29. The molecule has 10 heteroatoms. The molecule has 0 radical (unpaired) electrons.